The Morgan fingerprint density at radius 3 is 2.47 bits per heavy atom. The second-order valence-corrected chi connectivity index (χ2v) is 6.94. The van der Waals surface area contributed by atoms with Crippen LogP contribution in [0.5, 0.6) is 5.75 Å². The highest BCUT2D eigenvalue weighted by Crippen LogP contribution is 2.18. The Balaban J connectivity index is 1.50. The Labute approximate surface area is 180 Å². The molecule has 0 aliphatic rings. The van der Waals surface area contributed by atoms with Crippen molar-refractivity contribution in [3.8, 4) is 5.75 Å². The van der Waals surface area contributed by atoms with Crippen LogP contribution in [0.2, 0.25) is 5.02 Å². The molecule has 0 N–H and O–H groups in total. The molecule has 0 saturated heterocycles. The number of hydrogen-bond donors (Lipinski definition) is 0. The summed E-state index contributed by atoms with van der Waals surface area (Å²) in [6, 6.07) is 23.5. The van der Waals surface area contributed by atoms with E-state index in [0.29, 0.717) is 22.8 Å². The molecule has 0 bridgehead atoms. The topological polar surface area (TPSA) is 52.6 Å². The molecular formula is C25H21ClO4. The Morgan fingerprint density at radius 1 is 0.900 bits per heavy atom. The van der Waals surface area contributed by atoms with Crippen molar-refractivity contribution in [2.24, 2.45) is 0 Å². The molecule has 152 valence electrons. The van der Waals surface area contributed by atoms with Gasteiger partial charge in [0.2, 0.25) is 0 Å². The first-order valence-corrected chi connectivity index (χ1v) is 9.95. The first-order valence-electron chi connectivity index (χ1n) is 9.57. The number of ether oxygens (including phenoxy) is 2. The summed E-state index contributed by atoms with van der Waals surface area (Å²) in [5.74, 6) is -0.751. The molecule has 0 atom stereocenters. The molecule has 3 aromatic rings. The third-order valence-electron chi connectivity index (χ3n) is 4.28. The fourth-order valence-electron chi connectivity index (χ4n) is 2.77. The summed E-state index contributed by atoms with van der Waals surface area (Å²) in [4.78, 5) is 24.3. The quantitative estimate of drug-likeness (QED) is 0.201. The van der Waals surface area contributed by atoms with Gasteiger partial charge in [-0.05, 0) is 54.3 Å². The van der Waals surface area contributed by atoms with E-state index in [9.17, 15) is 9.59 Å². The average Bonchev–Trinajstić information content (AvgIpc) is 2.77. The number of carbonyl (C=O) groups excluding carboxylic acids is 2. The van der Waals surface area contributed by atoms with Gasteiger partial charge in [0.15, 0.2) is 0 Å². The molecule has 30 heavy (non-hydrogen) atoms. The number of rotatable bonds is 8. The standard InChI is InChI=1S/C25H21ClO4/c26-23-14-5-4-11-20(23)15-16-24(27)30-22-13-6-12-21(18-22)25(28)29-17-7-10-19-8-2-1-3-9-19/h1-6,8-9,11-16,18H,7,10,17H2/b16-15+. The van der Waals surface area contributed by atoms with Crippen LogP contribution in [0.15, 0.2) is 84.9 Å². The third kappa shape index (κ3) is 6.61. The van der Waals surface area contributed by atoms with Crippen molar-refractivity contribution in [3.05, 3.63) is 107 Å². The van der Waals surface area contributed by atoms with Crippen LogP contribution in [0.1, 0.15) is 27.9 Å². The summed E-state index contributed by atoms with van der Waals surface area (Å²) >= 11 is 6.06. The van der Waals surface area contributed by atoms with E-state index >= 15 is 0 Å². The van der Waals surface area contributed by atoms with Crippen LogP contribution in [0.3, 0.4) is 0 Å². The molecule has 0 spiro atoms. The number of halogens is 1. The summed E-state index contributed by atoms with van der Waals surface area (Å²) in [6.07, 6.45) is 4.44. The van der Waals surface area contributed by atoms with Gasteiger partial charge in [-0.25, -0.2) is 9.59 Å². The van der Waals surface area contributed by atoms with Crippen molar-refractivity contribution in [1.82, 2.24) is 0 Å². The summed E-state index contributed by atoms with van der Waals surface area (Å²) in [5.41, 5.74) is 2.24. The predicted octanol–water partition coefficient (Wildman–Crippen LogP) is 5.75. The van der Waals surface area contributed by atoms with Gasteiger partial charge in [0.25, 0.3) is 0 Å². The lowest BCUT2D eigenvalue weighted by atomic mass is 10.1. The van der Waals surface area contributed by atoms with Crippen LogP contribution in [0, 0.1) is 0 Å². The number of carbonyl (C=O) groups is 2. The van der Waals surface area contributed by atoms with Crippen LogP contribution in [-0.2, 0) is 16.0 Å². The van der Waals surface area contributed by atoms with Gasteiger partial charge in [-0.15, -0.1) is 0 Å². The molecule has 0 fully saturated rings. The number of hydrogen-bond acceptors (Lipinski definition) is 4. The maximum atomic E-state index is 12.3. The smallest absolute Gasteiger partial charge is 0.338 e. The van der Waals surface area contributed by atoms with E-state index in [1.807, 2.05) is 42.5 Å². The molecule has 0 unspecified atom stereocenters. The highest BCUT2D eigenvalue weighted by molar-refractivity contribution is 6.32. The molecule has 0 aliphatic heterocycles. The number of benzene rings is 3. The maximum absolute atomic E-state index is 12.3. The molecule has 0 aliphatic carbocycles. The van der Waals surface area contributed by atoms with E-state index < -0.39 is 11.9 Å². The van der Waals surface area contributed by atoms with E-state index in [1.54, 1.807) is 36.4 Å². The minimum Gasteiger partial charge on any atom is -0.462 e. The van der Waals surface area contributed by atoms with E-state index in [2.05, 4.69) is 0 Å². The van der Waals surface area contributed by atoms with Gasteiger partial charge in [0.05, 0.1) is 12.2 Å². The van der Waals surface area contributed by atoms with Crippen molar-refractivity contribution in [2.45, 2.75) is 12.8 Å². The molecule has 5 heteroatoms. The summed E-state index contributed by atoms with van der Waals surface area (Å²) in [6.45, 7) is 0.318. The largest absolute Gasteiger partial charge is 0.462 e. The van der Waals surface area contributed by atoms with Crippen molar-refractivity contribution < 1.29 is 19.1 Å². The second kappa shape index (κ2) is 11.0. The summed E-state index contributed by atoms with van der Waals surface area (Å²) in [5, 5.41) is 0.540. The zero-order valence-corrected chi connectivity index (χ0v) is 17.0. The van der Waals surface area contributed by atoms with Crippen molar-refractivity contribution in [3.63, 3.8) is 0 Å². The fourth-order valence-corrected chi connectivity index (χ4v) is 2.97. The van der Waals surface area contributed by atoms with E-state index in [4.69, 9.17) is 21.1 Å². The second-order valence-electron chi connectivity index (χ2n) is 6.53. The van der Waals surface area contributed by atoms with Gasteiger partial charge >= 0.3 is 11.9 Å². The minimum absolute atomic E-state index is 0.266. The lowest BCUT2D eigenvalue weighted by Crippen LogP contribution is -2.08. The molecule has 0 saturated carbocycles. The van der Waals surface area contributed by atoms with Crippen LogP contribution < -0.4 is 4.74 Å². The highest BCUT2D eigenvalue weighted by Gasteiger charge is 2.10. The van der Waals surface area contributed by atoms with Gasteiger partial charge in [0, 0.05) is 11.1 Å². The minimum atomic E-state index is -0.566. The molecule has 3 aromatic carbocycles. The average molecular weight is 421 g/mol. The Kier molecular flexibility index (Phi) is 7.81. The Hall–Kier alpha value is -3.37. The first-order chi connectivity index (χ1) is 14.6. The van der Waals surface area contributed by atoms with Gasteiger partial charge in [-0.2, -0.15) is 0 Å². The molecular weight excluding hydrogens is 400 g/mol. The molecule has 3 rings (SSSR count). The lowest BCUT2D eigenvalue weighted by Gasteiger charge is -2.07. The Morgan fingerprint density at radius 2 is 1.67 bits per heavy atom. The van der Waals surface area contributed by atoms with E-state index in [1.165, 1.54) is 17.7 Å². The fraction of sp³-hybridized carbons (Fsp3) is 0.120. The zero-order chi connectivity index (χ0) is 21.2. The highest BCUT2D eigenvalue weighted by atomic mass is 35.5. The van der Waals surface area contributed by atoms with Crippen LogP contribution in [0.4, 0.5) is 0 Å². The zero-order valence-electron chi connectivity index (χ0n) is 16.3. The van der Waals surface area contributed by atoms with Crippen LogP contribution in [-0.4, -0.2) is 18.5 Å². The van der Waals surface area contributed by atoms with Crippen LogP contribution in [0.25, 0.3) is 6.08 Å². The SMILES string of the molecule is O=C(/C=C/c1ccccc1Cl)Oc1cccc(C(=O)OCCCc2ccccc2)c1. The Bertz CT molecular complexity index is 1030. The van der Waals surface area contributed by atoms with Crippen molar-refractivity contribution in [1.29, 1.82) is 0 Å². The van der Waals surface area contributed by atoms with Gasteiger partial charge < -0.3 is 9.47 Å². The summed E-state index contributed by atoms with van der Waals surface area (Å²) < 4.78 is 10.6. The normalized spacial score (nSPS) is 10.7. The molecule has 0 heterocycles. The maximum Gasteiger partial charge on any atom is 0.338 e. The van der Waals surface area contributed by atoms with Crippen molar-refractivity contribution in [2.75, 3.05) is 6.61 Å². The van der Waals surface area contributed by atoms with Gasteiger partial charge in [-0.3, -0.25) is 0 Å². The van der Waals surface area contributed by atoms with E-state index in [-0.39, 0.29) is 5.75 Å². The van der Waals surface area contributed by atoms with Crippen molar-refractivity contribution >= 4 is 29.6 Å². The van der Waals surface area contributed by atoms with Gasteiger partial charge in [0.1, 0.15) is 5.75 Å². The van der Waals surface area contributed by atoms with Crippen LogP contribution >= 0.6 is 11.6 Å². The molecule has 0 aromatic heterocycles. The molecule has 4 nitrogen and oxygen atoms in total. The lowest BCUT2D eigenvalue weighted by molar-refractivity contribution is -0.128. The van der Waals surface area contributed by atoms with E-state index in [0.717, 1.165) is 12.8 Å². The summed E-state index contributed by atoms with van der Waals surface area (Å²) in [7, 11) is 0. The molecule has 0 amide bonds. The number of aryl methyl sites for hydroxylation is 1. The third-order valence-corrected chi connectivity index (χ3v) is 4.62. The first kappa shape index (κ1) is 21.3. The predicted molar refractivity (Wildman–Crippen MR) is 118 cm³/mol. The molecule has 0 radical (unpaired) electrons. The monoisotopic (exact) mass is 420 g/mol. The number of esters is 2. The van der Waals surface area contributed by atoms with Gasteiger partial charge in [-0.1, -0.05) is 66.2 Å².